The zero-order chi connectivity index (χ0) is 20.6. The van der Waals surface area contributed by atoms with Crippen molar-refractivity contribution in [1.82, 2.24) is 10.2 Å². The smallest absolute Gasteiger partial charge is 0.407 e. The number of nitrogens with zero attached hydrogens (tertiary/aromatic N) is 1. The van der Waals surface area contributed by atoms with Crippen molar-refractivity contribution < 1.29 is 19.1 Å². The first-order valence-corrected chi connectivity index (χ1v) is 9.79. The third-order valence-corrected chi connectivity index (χ3v) is 5.59. The lowest BCUT2D eigenvalue weighted by atomic mass is 9.79. The number of aryl methyl sites for hydroxylation is 1. The average molecular weight is 389 g/mol. The summed E-state index contributed by atoms with van der Waals surface area (Å²) in [6.45, 7) is 8.86. The van der Waals surface area contributed by atoms with E-state index in [0.29, 0.717) is 13.0 Å². The van der Waals surface area contributed by atoms with Crippen molar-refractivity contribution in [3.05, 3.63) is 28.8 Å². The number of nitrogens with one attached hydrogen (secondary N) is 1. The Morgan fingerprint density at radius 3 is 2.61 bits per heavy atom. The first-order chi connectivity index (χ1) is 13.1. The molecule has 7 nitrogen and oxygen atoms in total. The second-order valence-corrected chi connectivity index (χ2v) is 8.78. The van der Waals surface area contributed by atoms with Crippen LogP contribution in [0, 0.1) is 12.8 Å². The first kappa shape index (κ1) is 20.5. The van der Waals surface area contributed by atoms with Crippen LogP contribution in [-0.2, 0) is 16.0 Å². The van der Waals surface area contributed by atoms with Crippen LogP contribution in [0.4, 0.5) is 4.79 Å². The van der Waals surface area contributed by atoms with Gasteiger partial charge in [-0.05, 0) is 63.3 Å². The molecule has 0 aromatic heterocycles. The summed E-state index contributed by atoms with van der Waals surface area (Å²) in [6, 6.07) is 4.05. The van der Waals surface area contributed by atoms with Gasteiger partial charge in [-0.1, -0.05) is 6.07 Å². The Morgan fingerprint density at radius 2 is 2.00 bits per heavy atom. The van der Waals surface area contributed by atoms with Gasteiger partial charge in [0.15, 0.2) is 0 Å². The van der Waals surface area contributed by atoms with Gasteiger partial charge >= 0.3 is 6.09 Å². The van der Waals surface area contributed by atoms with Crippen molar-refractivity contribution in [2.75, 3.05) is 20.2 Å². The number of methoxy groups -OCH3 is 1. The molecule has 1 fully saturated rings. The quantitative estimate of drug-likeness (QED) is 0.827. The van der Waals surface area contributed by atoms with Gasteiger partial charge in [0.1, 0.15) is 11.4 Å². The van der Waals surface area contributed by atoms with E-state index in [2.05, 4.69) is 22.3 Å². The van der Waals surface area contributed by atoms with Crippen LogP contribution in [0.25, 0.3) is 0 Å². The fraction of sp³-hybridized carbons (Fsp3) is 0.619. The third kappa shape index (κ3) is 4.24. The first-order valence-electron chi connectivity index (χ1n) is 9.79. The van der Waals surface area contributed by atoms with Crippen LogP contribution >= 0.6 is 0 Å². The normalized spacial score (nSPS) is 24.7. The molecular formula is C21H31N3O4. The fourth-order valence-corrected chi connectivity index (χ4v) is 4.30. The van der Waals surface area contributed by atoms with Gasteiger partial charge < -0.3 is 20.5 Å². The van der Waals surface area contributed by atoms with Gasteiger partial charge in [-0.3, -0.25) is 9.69 Å². The van der Waals surface area contributed by atoms with Gasteiger partial charge in [-0.25, -0.2) is 4.79 Å². The van der Waals surface area contributed by atoms with Crippen molar-refractivity contribution in [2.45, 2.75) is 58.2 Å². The zero-order valence-corrected chi connectivity index (χ0v) is 17.4. The summed E-state index contributed by atoms with van der Waals surface area (Å²) in [6.07, 6.45) is 1.00. The number of amides is 2. The molecule has 0 bridgehead atoms. The molecule has 0 aliphatic carbocycles. The predicted octanol–water partition coefficient (Wildman–Crippen LogP) is 2.30. The SMILES string of the molecule is COc1cc2c(cc1C)C1C[C@H](NC(=O)OC(C)(C)C)[C@@H](C(N)=O)CN1CC2. The van der Waals surface area contributed by atoms with Crippen LogP contribution < -0.4 is 15.8 Å². The molecule has 0 radical (unpaired) electrons. The van der Waals surface area contributed by atoms with Crippen LogP contribution in [0.3, 0.4) is 0 Å². The van der Waals surface area contributed by atoms with Gasteiger partial charge in [-0.15, -0.1) is 0 Å². The van der Waals surface area contributed by atoms with Gasteiger partial charge in [0.25, 0.3) is 0 Å². The maximum atomic E-state index is 12.3. The number of piperidine rings is 1. The van der Waals surface area contributed by atoms with Crippen LogP contribution in [0.1, 0.15) is 49.9 Å². The summed E-state index contributed by atoms with van der Waals surface area (Å²) in [7, 11) is 1.68. The summed E-state index contributed by atoms with van der Waals surface area (Å²) in [5, 5.41) is 2.89. The number of hydrogen-bond donors (Lipinski definition) is 2. The van der Waals surface area contributed by atoms with E-state index in [4.69, 9.17) is 15.2 Å². The number of ether oxygens (including phenoxy) is 2. The number of rotatable bonds is 3. The van der Waals surface area contributed by atoms with Gasteiger partial charge in [0.05, 0.1) is 13.0 Å². The number of alkyl carbamates (subject to hydrolysis) is 1. The van der Waals surface area contributed by atoms with E-state index in [1.54, 1.807) is 7.11 Å². The molecule has 1 aromatic rings. The van der Waals surface area contributed by atoms with E-state index in [1.165, 1.54) is 11.1 Å². The standard InChI is InChI=1S/C21H31N3O4/c1-12-8-14-13(9-18(12)27-5)6-7-24-11-15(19(22)25)16(10-17(14)24)23-20(26)28-21(2,3)4/h8-9,15-17H,6-7,10-11H2,1-5H3,(H2,22,25)(H,23,26)/t15-,16-,17?/m0/s1. The lowest BCUT2D eigenvalue weighted by Crippen LogP contribution is -2.57. The van der Waals surface area contributed by atoms with E-state index in [-0.39, 0.29) is 12.1 Å². The molecule has 1 unspecified atom stereocenters. The molecule has 0 spiro atoms. The van der Waals surface area contributed by atoms with E-state index >= 15 is 0 Å². The van der Waals surface area contributed by atoms with Crippen molar-refractivity contribution >= 4 is 12.0 Å². The van der Waals surface area contributed by atoms with Crippen LogP contribution in [0.2, 0.25) is 0 Å². The molecule has 2 heterocycles. The second kappa shape index (κ2) is 7.62. The van der Waals surface area contributed by atoms with Crippen molar-refractivity contribution in [2.24, 2.45) is 11.7 Å². The lowest BCUT2D eigenvalue weighted by molar-refractivity contribution is -0.125. The Bertz CT molecular complexity index is 772. The monoisotopic (exact) mass is 389 g/mol. The molecule has 3 N–H and O–H groups in total. The summed E-state index contributed by atoms with van der Waals surface area (Å²) in [5.74, 6) is 0.0577. The average Bonchev–Trinajstić information content (AvgIpc) is 2.58. The summed E-state index contributed by atoms with van der Waals surface area (Å²) in [5.41, 5.74) is 8.65. The van der Waals surface area contributed by atoms with Gasteiger partial charge in [0.2, 0.25) is 5.91 Å². The number of primary amides is 1. The highest BCUT2D eigenvalue weighted by atomic mass is 16.6. The minimum Gasteiger partial charge on any atom is -0.496 e. The van der Waals surface area contributed by atoms with Crippen molar-refractivity contribution in [3.63, 3.8) is 0 Å². The Hall–Kier alpha value is -2.28. The number of hydrogen-bond acceptors (Lipinski definition) is 5. The highest BCUT2D eigenvalue weighted by Crippen LogP contribution is 2.40. The third-order valence-electron chi connectivity index (χ3n) is 5.59. The van der Waals surface area contributed by atoms with E-state index < -0.39 is 23.5 Å². The number of nitrogens with two attached hydrogens (primary N) is 1. The number of carbonyl (C=O) groups is 2. The molecule has 1 aromatic carbocycles. The van der Waals surface area contributed by atoms with Crippen LogP contribution in [-0.4, -0.2) is 48.7 Å². The second-order valence-electron chi connectivity index (χ2n) is 8.78. The summed E-state index contributed by atoms with van der Waals surface area (Å²) >= 11 is 0. The number of benzene rings is 1. The minimum atomic E-state index is -0.599. The van der Waals surface area contributed by atoms with E-state index in [9.17, 15) is 9.59 Å². The highest BCUT2D eigenvalue weighted by molar-refractivity contribution is 5.79. The topological polar surface area (TPSA) is 93.9 Å². The van der Waals surface area contributed by atoms with E-state index in [0.717, 1.165) is 24.3 Å². The Kier molecular flexibility index (Phi) is 5.57. The molecule has 28 heavy (non-hydrogen) atoms. The molecule has 2 aliphatic rings. The van der Waals surface area contributed by atoms with Crippen molar-refractivity contribution in [3.8, 4) is 5.75 Å². The van der Waals surface area contributed by atoms with Gasteiger partial charge in [-0.2, -0.15) is 0 Å². The maximum Gasteiger partial charge on any atom is 0.407 e. The summed E-state index contributed by atoms with van der Waals surface area (Å²) in [4.78, 5) is 26.7. The highest BCUT2D eigenvalue weighted by Gasteiger charge is 2.42. The lowest BCUT2D eigenvalue weighted by Gasteiger charge is -2.46. The Morgan fingerprint density at radius 1 is 1.29 bits per heavy atom. The number of fused-ring (bicyclic) bond motifs is 3. The zero-order valence-electron chi connectivity index (χ0n) is 17.4. The maximum absolute atomic E-state index is 12.3. The molecule has 7 heteroatoms. The molecule has 2 amide bonds. The minimum absolute atomic E-state index is 0.129. The summed E-state index contributed by atoms with van der Waals surface area (Å²) < 4.78 is 10.9. The molecular weight excluding hydrogens is 358 g/mol. The van der Waals surface area contributed by atoms with Crippen LogP contribution in [0.5, 0.6) is 5.75 Å². The Labute approximate surface area is 166 Å². The van der Waals surface area contributed by atoms with E-state index in [1.807, 2.05) is 27.7 Å². The number of carbonyl (C=O) groups excluding carboxylic acids is 2. The molecule has 1 saturated heterocycles. The molecule has 2 aliphatic heterocycles. The van der Waals surface area contributed by atoms with Gasteiger partial charge in [0, 0.05) is 25.2 Å². The van der Waals surface area contributed by atoms with Crippen LogP contribution in [0.15, 0.2) is 12.1 Å². The largest absolute Gasteiger partial charge is 0.496 e. The fourth-order valence-electron chi connectivity index (χ4n) is 4.30. The predicted molar refractivity (Wildman–Crippen MR) is 106 cm³/mol. The molecule has 0 saturated carbocycles. The van der Waals surface area contributed by atoms with Crippen molar-refractivity contribution in [1.29, 1.82) is 0 Å². The molecule has 154 valence electrons. The molecule has 3 rings (SSSR count). The molecule has 3 atom stereocenters. The Balaban J connectivity index is 1.86.